The molecule has 8 heteroatoms. The Morgan fingerprint density at radius 2 is 1.37 bits per heavy atom. The Morgan fingerprint density at radius 1 is 0.930 bits per heavy atom. The summed E-state index contributed by atoms with van der Waals surface area (Å²) in [5.41, 5.74) is 0.554. The lowest BCUT2D eigenvalue weighted by molar-refractivity contribution is -0.222. The average Bonchev–Trinajstić information content (AvgIpc) is 3.64. The van der Waals surface area contributed by atoms with Crippen LogP contribution >= 0.6 is 0 Å². The molecule has 2 saturated heterocycles. The number of fused-ring (bicyclic) bond motifs is 2. The smallest absolute Gasteiger partial charge is 0.162 e. The molecule has 1 saturated carbocycles. The highest BCUT2D eigenvalue weighted by Crippen LogP contribution is 2.76. The molecule has 4 rings (SSSR count). The van der Waals surface area contributed by atoms with E-state index in [9.17, 15) is 28.8 Å². The van der Waals surface area contributed by atoms with Gasteiger partial charge in [0.15, 0.2) is 11.6 Å². The number of hydrogen-bond acceptors (Lipinski definition) is 8. The molecule has 0 aromatic heterocycles. The van der Waals surface area contributed by atoms with Crippen LogP contribution in [-0.4, -0.2) is 59.1 Å². The zero-order chi connectivity index (χ0) is 34.1. The van der Waals surface area contributed by atoms with E-state index >= 15 is 0 Å². The summed E-state index contributed by atoms with van der Waals surface area (Å²) in [6.45, 7) is 26.4. The van der Waals surface area contributed by atoms with Crippen molar-refractivity contribution >= 4 is 34.7 Å². The minimum absolute atomic E-state index is 0.00593. The Labute approximate surface area is 259 Å². The summed E-state index contributed by atoms with van der Waals surface area (Å²) in [5.74, 6) is 1.55. The fourth-order valence-corrected chi connectivity index (χ4v) is 7.20. The summed E-state index contributed by atoms with van der Waals surface area (Å²) < 4.78 is 12.7. The standard InChI is InChI=1S/C19H28O3.C7H10O2.3C3H6O/c1-7-18-13(5)15(20)10(2)8-14(18)22-16-11(3)12(4)17(18,6)19(16)9-21-19;1-3-4-7(9)5-6(2)8;3*1-3(2)4/h8,11-14,16H,7,9H2,1-6H3;3-4H,5H2,1-2H3;3*1-2H3/t11?,12-,13?,14?,16?,17-,18?,19+;;;;/m1..../s1. The van der Waals surface area contributed by atoms with E-state index in [0.29, 0.717) is 17.6 Å². The monoisotopic (exact) mass is 604 g/mol. The number of epoxide rings is 1. The first-order valence-electron chi connectivity index (χ1n) is 15.2. The van der Waals surface area contributed by atoms with Crippen molar-refractivity contribution in [3.8, 4) is 0 Å². The van der Waals surface area contributed by atoms with Crippen LogP contribution in [0, 0.1) is 28.6 Å². The Morgan fingerprint density at radius 3 is 1.72 bits per heavy atom. The largest absolute Gasteiger partial charge is 0.367 e. The number of carbonyl (C=O) groups is 6. The molecule has 0 amide bonds. The van der Waals surface area contributed by atoms with Gasteiger partial charge in [0, 0.05) is 16.7 Å². The van der Waals surface area contributed by atoms with Gasteiger partial charge in [-0.25, -0.2) is 0 Å². The van der Waals surface area contributed by atoms with Gasteiger partial charge in [0.1, 0.15) is 28.7 Å². The van der Waals surface area contributed by atoms with Gasteiger partial charge >= 0.3 is 0 Å². The second-order valence-electron chi connectivity index (χ2n) is 12.9. The fourth-order valence-electron chi connectivity index (χ4n) is 7.20. The quantitative estimate of drug-likeness (QED) is 0.209. The van der Waals surface area contributed by atoms with Crippen LogP contribution in [0.2, 0.25) is 0 Å². The molecular formula is C35H56O8. The molecular weight excluding hydrogens is 548 g/mol. The number of allylic oxidation sites excluding steroid dienone is 3. The first kappa shape index (κ1) is 40.4. The summed E-state index contributed by atoms with van der Waals surface area (Å²) >= 11 is 0. The third-order valence-corrected chi connectivity index (χ3v) is 9.06. The molecule has 2 bridgehead atoms. The third kappa shape index (κ3) is 8.98. The molecule has 8 atom stereocenters. The van der Waals surface area contributed by atoms with E-state index in [0.717, 1.165) is 18.6 Å². The Hall–Kier alpha value is -2.58. The molecule has 8 nitrogen and oxygen atoms in total. The normalized spacial score (nSPS) is 34.3. The van der Waals surface area contributed by atoms with Crippen LogP contribution in [0.5, 0.6) is 0 Å². The van der Waals surface area contributed by atoms with Gasteiger partial charge in [-0.1, -0.05) is 40.7 Å². The molecule has 3 fully saturated rings. The van der Waals surface area contributed by atoms with Crippen LogP contribution in [0.4, 0.5) is 0 Å². The molecule has 1 spiro atoms. The maximum absolute atomic E-state index is 12.8. The molecule has 2 aliphatic carbocycles. The van der Waals surface area contributed by atoms with Crippen molar-refractivity contribution in [2.75, 3.05) is 6.61 Å². The van der Waals surface area contributed by atoms with Crippen molar-refractivity contribution in [2.45, 2.75) is 128 Å². The van der Waals surface area contributed by atoms with Crippen LogP contribution in [0.25, 0.3) is 0 Å². The number of ketones is 6. The molecule has 244 valence electrons. The van der Waals surface area contributed by atoms with Gasteiger partial charge in [-0.2, -0.15) is 0 Å². The molecule has 0 N–H and O–H groups in total. The van der Waals surface area contributed by atoms with Crippen molar-refractivity contribution in [2.24, 2.45) is 28.6 Å². The number of Topliss-reactive ketones (excluding diaryl/α,β-unsaturated/α-hetero) is 5. The third-order valence-electron chi connectivity index (χ3n) is 9.06. The van der Waals surface area contributed by atoms with Crippen LogP contribution < -0.4 is 0 Å². The number of carbonyl (C=O) groups excluding carboxylic acids is 6. The van der Waals surface area contributed by atoms with Gasteiger partial charge in [-0.3, -0.25) is 14.4 Å². The van der Waals surface area contributed by atoms with E-state index in [1.807, 2.05) is 6.92 Å². The van der Waals surface area contributed by atoms with Gasteiger partial charge in [0.05, 0.1) is 25.2 Å². The highest BCUT2D eigenvalue weighted by Gasteiger charge is 2.83. The van der Waals surface area contributed by atoms with Gasteiger partial charge < -0.3 is 23.9 Å². The van der Waals surface area contributed by atoms with Crippen LogP contribution in [-0.2, 0) is 38.2 Å². The minimum Gasteiger partial charge on any atom is -0.367 e. The summed E-state index contributed by atoms with van der Waals surface area (Å²) in [5, 5.41) is 0. The van der Waals surface area contributed by atoms with E-state index in [4.69, 9.17) is 9.47 Å². The van der Waals surface area contributed by atoms with Crippen molar-refractivity contribution in [3.63, 3.8) is 0 Å². The number of rotatable bonds is 4. The van der Waals surface area contributed by atoms with Crippen molar-refractivity contribution in [3.05, 3.63) is 23.8 Å². The Bertz CT molecular complexity index is 1070. The van der Waals surface area contributed by atoms with E-state index in [1.54, 1.807) is 13.0 Å². The van der Waals surface area contributed by atoms with Gasteiger partial charge in [0.2, 0.25) is 0 Å². The predicted molar refractivity (Wildman–Crippen MR) is 169 cm³/mol. The molecule has 0 aromatic rings. The first-order valence-corrected chi connectivity index (χ1v) is 15.2. The highest BCUT2D eigenvalue weighted by molar-refractivity contribution is 6.03. The van der Waals surface area contributed by atoms with Crippen LogP contribution in [0.1, 0.15) is 110 Å². The lowest BCUT2D eigenvalue weighted by Gasteiger charge is -2.61. The SMILES string of the molecule is CC(C)=O.CC(C)=O.CC(C)=O.CC=CC(=O)CC(C)=O.CCC12C(C=C(C)C(=O)C1C)OC1C(C)[C@@H](C)[C@@]2(C)[C@]12CO2. The zero-order valence-electron chi connectivity index (χ0n) is 29.0. The van der Waals surface area contributed by atoms with Gasteiger partial charge in [0.25, 0.3) is 0 Å². The van der Waals surface area contributed by atoms with E-state index in [1.165, 1.54) is 54.5 Å². The Balaban J connectivity index is 0.000000696. The second-order valence-corrected chi connectivity index (χ2v) is 12.9. The lowest BCUT2D eigenvalue weighted by atomic mass is 9.45. The van der Waals surface area contributed by atoms with Gasteiger partial charge in [-0.05, 0) is 98.3 Å². The molecule has 2 heterocycles. The van der Waals surface area contributed by atoms with Crippen LogP contribution in [0.15, 0.2) is 23.8 Å². The van der Waals surface area contributed by atoms with E-state index < -0.39 is 0 Å². The maximum atomic E-state index is 12.8. The topological polar surface area (TPSA) is 124 Å². The molecule has 43 heavy (non-hydrogen) atoms. The van der Waals surface area contributed by atoms with E-state index in [-0.39, 0.29) is 69.9 Å². The fraction of sp³-hybridized carbons (Fsp3) is 0.714. The summed E-state index contributed by atoms with van der Waals surface area (Å²) in [6, 6.07) is 0. The molecule has 0 radical (unpaired) electrons. The van der Waals surface area contributed by atoms with Crippen molar-refractivity contribution in [1.29, 1.82) is 0 Å². The highest BCUT2D eigenvalue weighted by atomic mass is 16.6. The maximum Gasteiger partial charge on any atom is 0.162 e. The molecule has 2 aliphatic heterocycles. The minimum atomic E-state index is -0.161. The molecule has 0 aromatic carbocycles. The summed E-state index contributed by atoms with van der Waals surface area (Å²) in [6.07, 6.45) is 6.34. The number of ether oxygens (including phenoxy) is 2. The predicted octanol–water partition coefficient (Wildman–Crippen LogP) is 6.27. The number of hydrogen-bond donors (Lipinski definition) is 0. The Kier molecular flexibility index (Phi) is 15.5. The first-order chi connectivity index (χ1) is 19.6. The van der Waals surface area contributed by atoms with Gasteiger partial charge in [-0.15, -0.1) is 0 Å². The lowest BCUT2D eigenvalue weighted by Crippen LogP contribution is -2.67. The summed E-state index contributed by atoms with van der Waals surface area (Å²) in [4.78, 5) is 62.0. The second kappa shape index (κ2) is 16.5. The summed E-state index contributed by atoms with van der Waals surface area (Å²) in [7, 11) is 0. The molecule has 4 aliphatic rings. The molecule has 5 unspecified atom stereocenters. The average molecular weight is 605 g/mol. The van der Waals surface area contributed by atoms with Crippen molar-refractivity contribution in [1.82, 2.24) is 0 Å². The van der Waals surface area contributed by atoms with Crippen LogP contribution in [0.3, 0.4) is 0 Å². The van der Waals surface area contributed by atoms with E-state index in [2.05, 4.69) is 40.7 Å². The van der Waals surface area contributed by atoms with Crippen molar-refractivity contribution < 1.29 is 38.2 Å². The zero-order valence-corrected chi connectivity index (χ0v) is 29.0.